The van der Waals surface area contributed by atoms with E-state index in [1.807, 2.05) is 26.1 Å². The standard InChI is InChI=1S/C27H31N5O2S/c1-21-8-11-24(12-9-21)35(33,34)29-22-10-13-26-25(20-22)28-27(30(26)2)14-15-31-16-18-32(19-17-31)23-6-4-3-5-7-23/h3-13,20,29H,14-19H2,1-2H3. The summed E-state index contributed by atoms with van der Waals surface area (Å²) >= 11 is 0. The third-order valence-corrected chi connectivity index (χ3v) is 8.10. The van der Waals surface area contributed by atoms with E-state index in [0.717, 1.165) is 61.6 Å². The van der Waals surface area contributed by atoms with Gasteiger partial charge in [0, 0.05) is 51.9 Å². The van der Waals surface area contributed by atoms with Crippen molar-refractivity contribution in [2.45, 2.75) is 18.2 Å². The molecule has 1 N–H and O–H groups in total. The second kappa shape index (κ2) is 9.71. The summed E-state index contributed by atoms with van der Waals surface area (Å²) in [6.45, 7) is 7.00. The highest BCUT2D eigenvalue weighted by molar-refractivity contribution is 7.92. The number of imidazole rings is 1. The Bertz CT molecular complexity index is 1410. The van der Waals surface area contributed by atoms with Crippen molar-refractivity contribution in [3.63, 3.8) is 0 Å². The molecule has 0 radical (unpaired) electrons. The van der Waals surface area contributed by atoms with E-state index in [-0.39, 0.29) is 4.90 Å². The zero-order valence-electron chi connectivity index (χ0n) is 20.2. The first-order chi connectivity index (χ1) is 16.9. The molecule has 0 aliphatic carbocycles. The zero-order valence-corrected chi connectivity index (χ0v) is 21.0. The number of anilines is 2. The highest BCUT2D eigenvalue weighted by Crippen LogP contribution is 2.23. The maximum Gasteiger partial charge on any atom is 0.261 e. The predicted molar refractivity (Wildman–Crippen MR) is 142 cm³/mol. The summed E-state index contributed by atoms with van der Waals surface area (Å²) < 4.78 is 30.3. The van der Waals surface area contributed by atoms with E-state index in [4.69, 9.17) is 4.98 Å². The molecule has 182 valence electrons. The lowest BCUT2D eigenvalue weighted by atomic mass is 10.2. The van der Waals surface area contributed by atoms with Crippen LogP contribution in [0.4, 0.5) is 11.4 Å². The van der Waals surface area contributed by atoms with Crippen LogP contribution in [0.5, 0.6) is 0 Å². The van der Waals surface area contributed by atoms with Crippen molar-refractivity contribution in [1.82, 2.24) is 14.5 Å². The van der Waals surface area contributed by atoms with Crippen molar-refractivity contribution in [1.29, 1.82) is 0 Å². The van der Waals surface area contributed by atoms with Crippen LogP contribution in [0.2, 0.25) is 0 Å². The quantitative estimate of drug-likeness (QED) is 0.424. The molecule has 0 saturated carbocycles. The van der Waals surface area contributed by atoms with Crippen LogP contribution in [0.1, 0.15) is 11.4 Å². The van der Waals surface area contributed by atoms with E-state index >= 15 is 0 Å². The highest BCUT2D eigenvalue weighted by atomic mass is 32.2. The van der Waals surface area contributed by atoms with Crippen LogP contribution in [0, 0.1) is 6.92 Å². The van der Waals surface area contributed by atoms with Gasteiger partial charge in [-0.05, 0) is 49.4 Å². The summed E-state index contributed by atoms with van der Waals surface area (Å²) in [5.41, 5.74) is 4.60. The van der Waals surface area contributed by atoms with Crippen LogP contribution in [0.3, 0.4) is 0 Å². The lowest BCUT2D eigenvalue weighted by molar-refractivity contribution is 0.259. The molecule has 0 bridgehead atoms. The maximum absolute atomic E-state index is 12.8. The van der Waals surface area contributed by atoms with E-state index in [1.54, 1.807) is 30.3 Å². The molecule has 0 spiro atoms. The van der Waals surface area contributed by atoms with Gasteiger partial charge in [-0.15, -0.1) is 0 Å². The Morgan fingerprint density at radius 2 is 1.63 bits per heavy atom. The summed E-state index contributed by atoms with van der Waals surface area (Å²) in [5, 5.41) is 0. The molecule has 0 atom stereocenters. The molecule has 1 saturated heterocycles. The van der Waals surface area contributed by atoms with E-state index in [9.17, 15) is 8.42 Å². The first kappa shape index (κ1) is 23.4. The van der Waals surface area contributed by atoms with Crippen molar-refractivity contribution in [2.24, 2.45) is 7.05 Å². The van der Waals surface area contributed by atoms with Crippen molar-refractivity contribution in [3.8, 4) is 0 Å². The molecule has 0 unspecified atom stereocenters. The molecule has 1 fully saturated rings. The Hall–Kier alpha value is -3.36. The van der Waals surface area contributed by atoms with E-state index < -0.39 is 10.0 Å². The Kier molecular flexibility index (Phi) is 6.49. The summed E-state index contributed by atoms with van der Waals surface area (Å²) in [6, 6.07) is 22.9. The number of benzene rings is 3. The molecule has 1 aromatic heterocycles. The molecular weight excluding hydrogens is 458 g/mol. The summed E-state index contributed by atoms with van der Waals surface area (Å²) in [4.78, 5) is 9.99. The normalized spacial score (nSPS) is 15.0. The second-order valence-electron chi connectivity index (χ2n) is 9.12. The molecule has 2 heterocycles. The lowest BCUT2D eigenvalue weighted by Gasteiger charge is -2.36. The number of fused-ring (bicyclic) bond motifs is 1. The lowest BCUT2D eigenvalue weighted by Crippen LogP contribution is -2.47. The average Bonchev–Trinajstić information content (AvgIpc) is 3.18. The number of sulfonamides is 1. The average molecular weight is 490 g/mol. The summed E-state index contributed by atoms with van der Waals surface area (Å²) in [5.74, 6) is 1.00. The van der Waals surface area contributed by atoms with Crippen molar-refractivity contribution < 1.29 is 8.42 Å². The van der Waals surface area contributed by atoms with Crippen LogP contribution in [-0.4, -0.2) is 55.6 Å². The van der Waals surface area contributed by atoms with Crippen LogP contribution >= 0.6 is 0 Å². The monoisotopic (exact) mass is 489 g/mol. The summed E-state index contributed by atoms with van der Waals surface area (Å²) in [7, 11) is -1.62. The Morgan fingerprint density at radius 3 is 2.34 bits per heavy atom. The molecule has 8 heteroatoms. The Labute approximate surface area is 207 Å². The number of hydrogen-bond donors (Lipinski definition) is 1. The van der Waals surface area contributed by atoms with Gasteiger partial charge in [-0.3, -0.25) is 9.62 Å². The highest BCUT2D eigenvalue weighted by Gasteiger charge is 2.19. The van der Waals surface area contributed by atoms with Crippen molar-refractivity contribution in [2.75, 3.05) is 42.3 Å². The van der Waals surface area contributed by atoms with Crippen LogP contribution < -0.4 is 9.62 Å². The maximum atomic E-state index is 12.8. The van der Waals surface area contributed by atoms with Gasteiger partial charge in [0.2, 0.25) is 0 Å². The molecule has 35 heavy (non-hydrogen) atoms. The minimum atomic E-state index is -3.65. The van der Waals surface area contributed by atoms with Crippen LogP contribution in [0.25, 0.3) is 11.0 Å². The van der Waals surface area contributed by atoms with E-state index in [1.165, 1.54) is 5.69 Å². The third-order valence-electron chi connectivity index (χ3n) is 6.70. The Morgan fingerprint density at radius 1 is 0.914 bits per heavy atom. The molecule has 0 amide bonds. The van der Waals surface area contributed by atoms with Gasteiger partial charge in [-0.25, -0.2) is 13.4 Å². The number of para-hydroxylation sites is 1. The minimum Gasteiger partial charge on any atom is -0.369 e. The first-order valence-electron chi connectivity index (χ1n) is 12.0. The molecule has 7 nitrogen and oxygen atoms in total. The van der Waals surface area contributed by atoms with Crippen LogP contribution in [-0.2, 0) is 23.5 Å². The first-order valence-corrected chi connectivity index (χ1v) is 13.4. The topological polar surface area (TPSA) is 70.5 Å². The SMILES string of the molecule is Cc1ccc(S(=O)(=O)Nc2ccc3c(c2)nc(CCN2CCN(c4ccccc4)CC2)n3C)cc1. The van der Waals surface area contributed by atoms with E-state index in [2.05, 4.69) is 49.4 Å². The number of piperazine rings is 1. The molecule has 4 aromatic rings. The largest absolute Gasteiger partial charge is 0.369 e. The molecule has 3 aromatic carbocycles. The number of nitrogens with zero attached hydrogens (tertiary/aromatic N) is 4. The smallest absolute Gasteiger partial charge is 0.261 e. The predicted octanol–water partition coefficient (Wildman–Crippen LogP) is 4.05. The Balaban J connectivity index is 1.23. The fourth-order valence-electron chi connectivity index (χ4n) is 4.59. The van der Waals surface area contributed by atoms with Gasteiger partial charge in [0.05, 0.1) is 21.6 Å². The van der Waals surface area contributed by atoms with Gasteiger partial charge >= 0.3 is 0 Å². The summed E-state index contributed by atoms with van der Waals surface area (Å²) in [6.07, 6.45) is 0.848. The fourth-order valence-corrected chi connectivity index (χ4v) is 5.64. The van der Waals surface area contributed by atoms with Gasteiger partial charge in [-0.2, -0.15) is 0 Å². The zero-order chi connectivity index (χ0) is 24.4. The molecule has 1 aliphatic heterocycles. The molecule has 5 rings (SSSR count). The number of hydrogen-bond acceptors (Lipinski definition) is 5. The number of nitrogens with one attached hydrogen (secondary N) is 1. The number of aromatic nitrogens is 2. The second-order valence-corrected chi connectivity index (χ2v) is 10.8. The number of rotatable bonds is 7. The van der Waals surface area contributed by atoms with Crippen molar-refractivity contribution in [3.05, 3.63) is 84.2 Å². The van der Waals surface area contributed by atoms with Gasteiger partial charge in [0.15, 0.2) is 0 Å². The molecule has 1 aliphatic rings. The third kappa shape index (κ3) is 5.18. The van der Waals surface area contributed by atoms with Gasteiger partial charge in [0.25, 0.3) is 10.0 Å². The van der Waals surface area contributed by atoms with Crippen LogP contribution in [0.15, 0.2) is 77.7 Å². The fraction of sp³-hybridized carbons (Fsp3) is 0.296. The van der Waals surface area contributed by atoms with E-state index in [0.29, 0.717) is 5.69 Å². The molecular formula is C27H31N5O2S. The van der Waals surface area contributed by atoms with Gasteiger partial charge in [-0.1, -0.05) is 35.9 Å². The van der Waals surface area contributed by atoms with Gasteiger partial charge < -0.3 is 9.47 Å². The minimum absolute atomic E-state index is 0.247. The van der Waals surface area contributed by atoms with Crippen molar-refractivity contribution >= 4 is 32.4 Å². The number of aryl methyl sites for hydroxylation is 2. The van der Waals surface area contributed by atoms with Gasteiger partial charge in [0.1, 0.15) is 5.82 Å².